The van der Waals surface area contributed by atoms with E-state index in [1.165, 1.54) is 30.6 Å². The average molecular weight is 495 g/mol. The van der Waals surface area contributed by atoms with Gasteiger partial charge in [0.15, 0.2) is 21.5 Å². The van der Waals surface area contributed by atoms with Gasteiger partial charge < -0.3 is 10.2 Å². The fourth-order valence-corrected chi connectivity index (χ4v) is 4.62. The molecule has 1 atom stereocenters. The molecule has 1 saturated heterocycles. The molecule has 1 aromatic heterocycles. The van der Waals surface area contributed by atoms with Crippen molar-refractivity contribution in [3.05, 3.63) is 77.4 Å². The summed E-state index contributed by atoms with van der Waals surface area (Å²) in [5, 5.41) is 2.90. The van der Waals surface area contributed by atoms with Crippen LogP contribution in [0, 0.1) is 5.82 Å². The number of halogens is 4. The second-order valence-corrected chi connectivity index (χ2v) is 10.1. The van der Waals surface area contributed by atoms with Gasteiger partial charge in [-0.05, 0) is 48.2 Å². The maximum absolute atomic E-state index is 15.3. The van der Waals surface area contributed by atoms with Crippen molar-refractivity contribution in [2.45, 2.75) is 36.5 Å². The summed E-state index contributed by atoms with van der Waals surface area (Å²) in [6.45, 7) is 0.714. The van der Waals surface area contributed by atoms with Crippen LogP contribution in [0.2, 0.25) is 0 Å². The number of benzene rings is 2. The van der Waals surface area contributed by atoms with E-state index in [9.17, 15) is 21.6 Å². The van der Waals surface area contributed by atoms with Gasteiger partial charge >= 0.3 is 6.18 Å². The molecule has 180 valence electrons. The molecule has 1 N–H and O–H groups in total. The third kappa shape index (κ3) is 5.14. The molecule has 4 rings (SSSR count). The minimum Gasteiger partial charge on any atom is -0.363 e. The van der Waals surface area contributed by atoms with E-state index < -0.39 is 27.4 Å². The number of hydrogen-bond acceptors (Lipinski definition) is 6. The fourth-order valence-electron chi connectivity index (χ4n) is 3.99. The Balaban J connectivity index is 1.51. The van der Waals surface area contributed by atoms with E-state index in [0.29, 0.717) is 18.5 Å². The topological polar surface area (TPSA) is 75.2 Å². The van der Waals surface area contributed by atoms with E-state index in [1.807, 2.05) is 0 Å². The number of rotatable bonds is 6. The zero-order valence-electron chi connectivity index (χ0n) is 18.2. The van der Waals surface area contributed by atoms with Crippen molar-refractivity contribution in [1.29, 1.82) is 0 Å². The summed E-state index contributed by atoms with van der Waals surface area (Å²) >= 11 is 0. The summed E-state index contributed by atoms with van der Waals surface area (Å²) in [4.78, 5) is 10.0. The Hall–Kier alpha value is -3.21. The van der Waals surface area contributed by atoms with Gasteiger partial charge in [-0.2, -0.15) is 17.6 Å². The van der Waals surface area contributed by atoms with Crippen LogP contribution in [0.1, 0.15) is 35.6 Å². The Labute approximate surface area is 194 Å². The lowest BCUT2D eigenvalue weighted by molar-refractivity contribution is -0.137. The minimum atomic E-state index is -4.42. The maximum atomic E-state index is 15.3. The molecule has 1 unspecified atom stereocenters. The van der Waals surface area contributed by atoms with Gasteiger partial charge in [0.05, 0.1) is 16.5 Å². The summed E-state index contributed by atoms with van der Waals surface area (Å²) < 4.78 is 77.1. The van der Waals surface area contributed by atoms with Gasteiger partial charge in [0, 0.05) is 19.3 Å². The summed E-state index contributed by atoms with van der Waals surface area (Å²) in [7, 11) is -3.31. The molecule has 0 bridgehead atoms. The zero-order chi connectivity index (χ0) is 24.5. The van der Waals surface area contributed by atoms with Crippen molar-refractivity contribution in [2.24, 2.45) is 0 Å². The van der Waals surface area contributed by atoms with E-state index in [1.54, 1.807) is 17.0 Å². The van der Waals surface area contributed by atoms with Crippen molar-refractivity contribution in [2.75, 3.05) is 23.0 Å². The Morgan fingerprint density at radius 1 is 1.06 bits per heavy atom. The van der Waals surface area contributed by atoms with Crippen LogP contribution in [-0.2, 0) is 22.6 Å². The van der Waals surface area contributed by atoms with Gasteiger partial charge in [-0.3, -0.25) is 0 Å². The molecule has 0 amide bonds. The van der Waals surface area contributed by atoms with Gasteiger partial charge in [-0.25, -0.2) is 18.4 Å². The number of nitrogens with one attached hydrogen (secondary N) is 1. The highest BCUT2D eigenvalue weighted by Crippen LogP contribution is 2.38. The molecule has 11 heteroatoms. The zero-order valence-corrected chi connectivity index (χ0v) is 19.0. The van der Waals surface area contributed by atoms with Crippen LogP contribution >= 0.6 is 0 Å². The number of anilines is 2. The van der Waals surface area contributed by atoms with E-state index in [0.717, 1.165) is 30.4 Å². The van der Waals surface area contributed by atoms with Crippen molar-refractivity contribution in [3.8, 4) is 0 Å². The number of hydrogen-bond donors (Lipinski definition) is 1. The highest BCUT2D eigenvalue weighted by atomic mass is 32.2. The van der Waals surface area contributed by atoms with E-state index in [-0.39, 0.29) is 29.1 Å². The molecule has 34 heavy (non-hydrogen) atoms. The molecule has 2 heterocycles. The number of nitrogens with zero attached hydrogens (tertiary/aromatic N) is 3. The third-order valence-electron chi connectivity index (χ3n) is 5.73. The minimum absolute atomic E-state index is 0.0183. The second kappa shape index (κ2) is 9.21. The molecule has 1 aliphatic heterocycles. The molecule has 0 aliphatic carbocycles. The molecule has 3 aromatic rings. The largest absolute Gasteiger partial charge is 0.416 e. The van der Waals surface area contributed by atoms with Gasteiger partial charge in [0.2, 0.25) is 5.82 Å². The Kier molecular flexibility index (Phi) is 6.48. The van der Waals surface area contributed by atoms with E-state index >= 15 is 4.39 Å². The number of alkyl halides is 3. The van der Waals surface area contributed by atoms with E-state index in [2.05, 4.69) is 15.3 Å². The Morgan fingerprint density at radius 3 is 2.35 bits per heavy atom. The maximum Gasteiger partial charge on any atom is 0.416 e. The summed E-state index contributed by atoms with van der Waals surface area (Å²) in [6, 6.07) is 10.8. The lowest BCUT2D eigenvalue weighted by Gasteiger charge is -2.27. The summed E-state index contributed by atoms with van der Waals surface area (Å²) in [5.74, 6) is -0.600. The van der Waals surface area contributed by atoms with Crippen LogP contribution in [-0.4, -0.2) is 31.2 Å². The fraction of sp³-hybridized carbons (Fsp3) is 0.304. The highest BCUT2D eigenvalue weighted by Gasteiger charge is 2.33. The smallest absolute Gasteiger partial charge is 0.363 e. The van der Waals surface area contributed by atoms with Crippen LogP contribution in [0.5, 0.6) is 0 Å². The van der Waals surface area contributed by atoms with Gasteiger partial charge in [-0.1, -0.05) is 24.3 Å². The molecular weight excluding hydrogens is 472 g/mol. The Morgan fingerprint density at radius 2 is 1.74 bits per heavy atom. The first-order valence-electron chi connectivity index (χ1n) is 10.5. The van der Waals surface area contributed by atoms with Gasteiger partial charge in [0.1, 0.15) is 6.33 Å². The predicted molar refractivity (Wildman–Crippen MR) is 120 cm³/mol. The Bertz CT molecular complexity index is 1260. The molecule has 1 aliphatic rings. The molecule has 1 fully saturated rings. The van der Waals surface area contributed by atoms with Crippen LogP contribution in [0.4, 0.5) is 29.2 Å². The van der Waals surface area contributed by atoms with Crippen LogP contribution in [0.25, 0.3) is 0 Å². The number of sulfone groups is 1. The van der Waals surface area contributed by atoms with Crippen molar-refractivity contribution in [3.63, 3.8) is 0 Å². The van der Waals surface area contributed by atoms with Crippen molar-refractivity contribution < 1.29 is 26.0 Å². The lowest BCUT2D eigenvalue weighted by Crippen LogP contribution is -2.25. The third-order valence-corrected chi connectivity index (χ3v) is 6.86. The predicted octanol–water partition coefficient (Wildman–Crippen LogP) is 4.99. The average Bonchev–Trinajstić information content (AvgIpc) is 3.27. The van der Waals surface area contributed by atoms with E-state index in [4.69, 9.17) is 0 Å². The highest BCUT2D eigenvalue weighted by molar-refractivity contribution is 7.90. The van der Waals surface area contributed by atoms with Crippen LogP contribution in [0.3, 0.4) is 0 Å². The summed E-state index contributed by atoms with van der Waals surface area (Å²) in [6.07, 6.45) is -0.669. The quantitative estimate of drug-likeness (QED) is 0.487. The van der Waals surface area contributed by atoms with Crippen LogP contribution in [0.15, 0.2) is 59.8 Å². The lowest BCUT2D eigenvalue weighted by atomic mass is 10.0. The molecular formula is C23H22F4N4O2S. The van der Waals surface area contributed by atoms with Gasteiger partial charge in [-0.15, -0.1) is 0 Å². The molecule has 6 nitrogen and oxygen atoms in total. The molecule has 0 radical (unpaired) electrons. The van der Waals surface area contributed by atoms with Crippen molar-refractivity contribution >= 4 is 21.5 Å². The monoisotopic (exact) mass is 494 g/mol. The van der Waals surface area contributed by atoms with Crippen molar-refractivity contribution in [1.82, 2.24) is 9.97 Å². The second-order valence-electron chi connectivity index (χ2n) is 8.10. The van der Waals surface area contributed by atoms with Crippen LogP contribution < -0.4 is 10.2 Å². The normalized spacial score (nSPS) is 16.6. The van der Waals surface area contributed by atoms with Gasteiger partial charge in [0.25, 0.3) is 0 Å². The standard InChI is InChI=1S/C23H22F4N4O2S/c1-34(32,33)18-10-4-15(5-11-18)13-28-21-20(24)22(30-14-29-21)31-12-2-3-19(31)16-6-8-17(9-7-16)23(25,26)27/h4-11,14,19H,2-3,12-13H2,1H3,(H,28,29,30). The number of aromatic nitrogens is 2. The molecule has 2 aromatic carbocycles. The first kappa shape index (κ1) is 23.9. The first-order chi connectivity index (χ1) is 16.0. The molecule has 0 spiro atoms. The summed E-state index contributed by atoms with van der Waals surface area (Å²) in [5.41, 5.74) is 0.657. The molecule has 0 saturated carbocycles. The SMILES string of the molecule is CS(=O)(=O)c1ccc(CNc2ncnc(N3CCCC3c3ccc(C(F)(F)F)cc3)c2F)cc1. The first-order valence-corrected chi connectivity index (χ1v) is 12.4.